The van der Waals surface area contributed by atoms with Crippen LogP contribution in [0.3, 0.4) is 0 Å². The number of hydrogen-bond acceptors (Lipinski definition) is 6. The quantitative estimate of drug-likeness (QED) is 0.413. The molecule has 1 aromatic heterocycles. The molecule has 0 amide bonds. The van der Waals surface area contributed by atoms with Gasteiger partial charge < -0.3 is 15.0 Å². The van der Waals surface area contributed by atoms with Crippen molar-refractivity contribution >= 4 is 28.1 Å². The minimum absolute atomic E-state index is 0.156. The fraction of sp³-hybridized carbons (Fsp3) is 0.562. The number of rotatable bonds is 5. The van der Waals surface area contributed by atoms with Crippen LogP contribution in [0.4, 0.5) is 10.1 Å². The van der Waals surface area contributed by atoms with E-state index in [9.17, 15) is 4.39 Å². The third-order valence-electron chi connectivity index (χ3n) is 10.5. The van der Waals surface area contributed by atoms with E-state index in [1.807, 2.05) is 18.2 Å². The topological polar surface area (TPSA) is 53.5 Å². The molecule has 3 aromatic rings. The number of aromatic nitrogens is 2. The molecule has 0 radical (unpaired) electrons. The number of benzene rings is 2. The first kappa shape index (κ1) is 25.2. The van der Waals surface area contributed by atoms with Gasteiger partial charge in [-0.05, 0) is 94.0 Å². The summed E-state index contributed by atoms with van der Waals surface area (Å²) in [5.41, 5.74) is 4.68. The lowest BCUT2D eigenvalue weighted by molar-refractivity contribution is 0.107. The molecule has 5 aliphatic heterocycles. The molecule has 3 atom stereocenters. The first-order valence-electron chi connectivity index (χ1n) is 15.2. The van der Waals surface area contributed by atoms with Crippen LogP contribution in [0, 0.1) is 5.82 Å². The molecule has 2 aromatic carbocycles. The van der Waals surface area contributed by atoms with E-state index in [1.54, 1.807) is 0 Å². The van der Waals surface area contributed by atoms with E-state index in [4.69, 9.17) is 26.3 Å². The maximum absolute atomic E-state index is 14.5. The Morgan fingerprint density at radius 3 is 2.62 bits per heavy atom. The number of piperidine rings is 1. The monoisotopic (exact) mass is 561 g/mol. The Morgan fingerprint density at radius 1 is 1.02 bits per heavy atom. The standard InChI is InChI=1S/C32H37ClFN5O/c33-29-25(34)9-6-20-4-1-5-27(28(20)29)38-15-10-24-26(18-38)36-31(40-19-32-11-2-13-39(32)14-3-12-32)37-30(24)21-16-22-7-8-23(17-21)35-22/h1,4-6,9,21-23,35H,2-3,7-8,10-19H2/t21?,22-,23+. The van der Waals surface area contributed by atoms with Crippen LogP contribution in [0.5, 0.6) is 6.01 Å². The van der Waals surface area contributed by atoms with E-state index in [2.05, 4.69) is 21.2 Å². The second-order valence-corrected chi connectivity index (χ2v) is 13.1. The average molecular weight is 562 g/mol. The summed E-state index contributed by atoms with van der Waals surface area (Å²) in [5.74, 6) is 0.0604. The Hall–Kier alpha value is -2.48. The van der Waals surface area contributed by atoms with Crippen molar-refractivity contribution in [2.45, 2.75) is 87.9 Å². The lowest BCUT2D eigenvalue weighted by Crippen LogP contribution is -2.43. The highest BCUT2D eigenvalue weighted by Gasteiger charge is 2.45. The average Bonchev–Trinajstić information content (AvgIpc) is 3.66. The number of ether oxygens (including phenoxy) is 1. The zero-order valence-electron chi connectivity index (χ0n) is 23.0. The van der Waals surface area contributed by atoms with Gasteiger partial charge in [-0.25, -0.2) is 4.39 Å². The van der Waals surface area contributed by atoms with Gasteiger partial charge in [0.2, 0.25) is 0 Å². The second kappa shape index (κ2) is 9.81. The third kappa shape index (κ3) is 4.19. The first-order valence-corrected chi connectivity index (χ1v) is 15.6. The van der Waals surface area contributed by atoms with E-state index in [0.717, 1.165) is 48.0 Å². The molecule has 40 heavy (non-hydrogen) atoms. The summed E-state index contributed by atoms with van der Waals surface area (Å²) in [4.78, 5) is 15.2. The number of fused-ring (bicyclic) bond motifs is 5. The molecule has 2 bridgehead atoms. The molecule has 1 N–H and O–H groups in total. The number of nitrogens with zero attached hydrogens (tertiary/aromatic N) is 4. The highest BCUT2D eigenvalue weighted by Crippen LogP contribution is 2.42. The lowest BCUT2D eigenvalue weighted by atomic mass is 9.85. The van der Waals surface area contributed by atoms with E-state index in [0.29, 0.717) is 37.2 Å². The second-order valence-electron chi connectivity index (χ2n) is 12.7. The summed E-state index contributed by atoms with van der Waals surface area (Å²) in [7, 11) is 0. The highest BCUT2D eigenvalue weighted by molar-refractivity contribution is 6.36. The molecule has 6 heterocycles. The highest BCUT2D eigenvalue weighted by atomic mass is 35.5. The molecule has 1 unspecified atom stereocenters. The summed E-state index contributed by atoms with van der Waals surface area (Å²) in [6.45, 7) is 4.50. The summed E-state index contributed by atoms with van der Waals surface area (Å²) in [6.07, 6.45) is 10.6. The van der Waals surface area contributed by atoms with Gasteiger partial charge in [-0.3, -0.25) is 4.90 Å². The van der Waals surface area contributed by atoms with Gasteiger partial charge in [-0.1, -0.05) is 29.8 Å². The summed E-state index contributed by atoms with van der Waals surface area (Å²) < 4.78 is 21.1. The van der Waals surface area contributed by atoms with Crippen LogP contribution in [-0.2, 0) is 13.0 Å². The van der Waals surface area contributed by atoms with Crippen molar-refractivity contribution in [2.24, 2.45) is 0 Å². The number of halogens is 2. The predicted octanol–water partition coefficient (Wildman–Crippen LogP) is 5.99. The maximum Gasteiger partial charge on any atom is 0.316 e. The van der Waals surface area contributed by atoms with Crippen molar-refractivity contribution < 1.29 is 9.13 Å². The van der Waals surface area contributed by atoms with E-state index in [-0.39, 0.29) is 16.4 Å². The maximum atomic E-state index is 14.5. The van der Waals surface area contributed by atoms with Crippen molar-refractivity contribution in [1.29, 1.82) is 0 Å². The van der Waals surface area contributed by atoms with E-state index >= 15 is 0 Å². The summed E-state index contributed by atoms with van der Waals surface area (Å²) in [5, 5.41) is 5.70. The van der Waals surface area contributed by atoms with E-state index < -0.39 is 0 Å². The van der Waals surface area contributed by atoms with Gasteiger partial charge in [0.25, 0.3) is 0 Å². The van der Waals surface area contributed by atoms with Crippen LogP contribution < -0.4 is 15.0 Å². The van der Waals surface area contributed by atoms with Crippen LogP contribution in [0.15, 0.2) is 30.3 Å². The smallest absolute Gasteiger partial charge is 0.316 e. The van der Waals surface area contributed by atoms with Crippen LogP contribution in [0.25, 0.3) is 10.8 Å². The molecule has 0 spiro atoms. The number of hydrogen-bond donors (Lipinski definition) is 1. The van der Waals surface area contributed by atoms with Crippen molar-refractivity contribution in [1.82, 2.24) is 20.2 Å². The van der Waals surface area contributed by atoms with Crippen molar-refractivity contribution in [3.8, 4) is 6.01 Å². The molecule has 4 fully saturated rings. The first-order chi connectivity index (χ1) is 19.6. The zero-order chi connectivity index (χ0) is 26.8. The fourth-order valence-electron chi connectivity index (χ4n) is 8.54. The molecule has 4 saturated heterocycles. The Labute approximate surface area is 240 Å². The van der Waals surface area contributed by atoms with Crippen LogP contribution >= 0.6 is 11.6 Å². The van der Waals surface area contributed by atoms with Gasteiger partial charge in [-0.2, -0.15) is 9.97 Å². The fourth-order valence-corrected chi connectivity index (χ4v) is 8.81. The van der Waals surface area contributed by atoms with Gasteiger partial charge in [0.15, 0.2) is 0 Å². The summed E-state index contributed by atoms with van der Waals surface area (Å²) in [6, 6.07) is 11.1. The Bertz CT molecular complexity index is 1440. The SMILES string of the molecule is Fc1ccc2cccc(N3CCc4c(nc(OCC56CCCN5CCC6)nc4C4C[C@H]5CC[C@@H](C4)N5)C3)c2c1Cl. The van der Waals surface area contributed by atoms with Crippen molar-refractivity contribution in [3.05, 3.63) is 58.1 Å². The molecule has 8 heteroatoms. The number of nitrogens with one attached hydrogen (secondary N) is 1. The summed E-state index contributed by atoms with van der Waals surface area (Å²) >= 11 is 6.53. The van der Waals surface area contributed by atoms with Crippen LogP contribution in [0.2, 0.25) is 5.02 Å². The lowest BCUT2D eigenvalue weighted by Gasteiger charge is -2.35. The van der Waals surface area contributed by atoms with Gasteiger partial charge in [-0.15, -0.1) is 0 Å². The van der Waals surface area contributed by atoms with Crippen molar-refractivity contribution in [3.63, 3.8) is 0 Å². The molecule has 0 saturated carbocycles. The molecule has 5 aliphatic rings. The van der Waals surface area contributed by atoms with Gasteiger partial charge >= 0.3 is 6.01 Å². The largest absolute Gasteiger partial charge is 0.461 e. The van der Waals surface area contributed by atoms with Crippen LogP contribution in [0.1, 0.15) is 74.2 Å². The number of anilines is 1. The molecule has 8 rings (SSSR count). The van der Waals surface area contributed by atoms with E-state index in [1.165, 1.54) is 68.9 Å². The third-order valence-corrected chi connectivity index (χ3v) is 10.8. The predicted molar refractivity (Wildman–Crippen MR) is 156 cm³/mol. The van der Waals surface area contributed by atoms with Gasteiger partial charge in [0, 0.05) is 35.6 Å². The van der Waals surface area contributed by atoms with Gasteiger partial charge in [0.1, 0.15) is 12.4 Å². The van der Waals surface area contributed by atoms with Gasteiger partial charge in [0.05, 0.1) is 28.5 Å². The Balaban J connectivity index is 1.15. The molecular weight excluding hydrogens is 525 g/mol. The Kier molecular flexibility index (Phi) is 6.19. The molecule has 6 nitrogen and oxygen atoms in total. The molecule has 0 aliphatic carbocycles. The molecular formula is C32H37ClFN5O. The van der Waals surface area contributed by atoms with Crippen molar-refractivity contribution in [2.75, 3.05) is 31.1 Å². The normalized spacial score (nSPS) is 27.2. The molecule has 210 valence electrons. The zero-order valence-corrected chi connectivity index (χ0v) is 23.7. The minimum Gasteiger partial charge on any atom is -0.461 e. The minimum atomic E-state index is -0.382. The Morgan fingerprint density at radius 2 is 1.82 bits per heavy atom. The van der Waals surface area contributed by atoms with Crippen LogP contribution in [-0.4, -0.2) is 58.7 Å².